The highest BCUT2D eigenvalue weighted by Gasteiger charge is 2.16. The van der Waals surface area contributed by atoms with E-state index in [1.54, 1.807) is 0 Å². The maximum Gasteiger partial charge on any atom is 0.221 e. The van der Waals surface area contributed by atoms with Gasteiger partial charge in [0.2, 0.25) is 5.91 Å². The van der Waals surface area contributed by atoms with Crippen molar-refractivity contribution in [2.75, 3.05) is 13.2 Å². The third-order valence-corrected chi connectivity index (χ3v) is 4.46. The van der Waals surface area contributed by atoms with Crippen molar-refractivity contribution in [3.63, 3.8) is 0 Å². The van der Waals surface area contributed by atoms with Gasteiger partial charge in [0, 0.05) is 31.7 Å². The van der Waals surface area contributed by atoms with E-state index in [0.29, 0.717) is 24.3 Å². The van der Waals surface area contributed by atoms with Crippen LogP contribution in [0.5, 0.6) is 0 Å². The second-order valence-electron chi connectivity index (χ2n) is 6.06. The van der Waals surface area contributed by atoms with Crippen LogP contribution in [0.15, 0.2) is 24.3 Å². The lowest BCUT2D eigenvalue weighted by Gasteiger charge is -2.11. The first-order chi connectivity index (χ1) is 11.6. The zero-order chi connectivity index (χ0) is 16.9. The molecule has 2 heterocycles. The Balaban J connectivity index is 1.62. The van der Waals surface area contributed by atoms with Crippen molar-refractivity contribution in [2.45, 2.75) is 38.8 Å². The number of nitrogens with one attached hydrogen (secondary N) is 2. The Morgan fingerprint density at radius 1 is 1.54 bits per heavy atom. The average Bonchev–Trinajstić information content (AvgIpc) is 3.21. The van der Waals surface area contributed by atoms with Crippen LogP contribution >= 0.6 is 12.2 Å². The Morgan fingerprint density at radius 3 is 3.17 bits per heavy atom. The minimum absolute atomic E-state index is 0.00351. The summed E-state index contributed by atoms with van der Waals surface area (Å²) in [5.41, 5.74) is 2.14. The molecule has 7 heteroatoms. The minimum atomic E-state index is 0.00351. The molecule has 0 aliphatic carbocycles. The molecule has 1 atom stereocenters. The van der Waals surface area contributed by atoms with E-state index < -0.39 is 0 Å². The summed E-state index contributed by atoms with van der Waals surface area (Å²) in [5.74, 6) is 0.763. The second kappa shape index (κ2) is 7.72. The van der Waals surface area contributed by atoms with Crippen LogP contribution in [0.4, 0.5) is 0 Å². The van der Waals surface area contributed by atoms with Crippen LogP contribution in [0.1, 0.15) is 24.8 Å². The molecule has 1 saturated heterocycles. The summed E-state index contributed by atoms with van der Waals surface area (Å²) in [6.07, 6.45) is 2.61. The molecule has 0 bridgehead atoms. The number of benzene rings is 1. The van der Waals surface area contributed by atoms with Crippen LogP contribution in [0.25, 0.3) is 11.4 Å². The number of ether oxygens (including phenoxy) is 1. The predicted molar refractivity (Wildman–Crippen MR) is 94.2 cm³/mol. The van der Waals surface area contributed by atoms with Gasteiger partial charge in [-0.15, -0.1) is 0 Å². The lowest BCUT2D eigenvalue weighted by molar-refractivity contribution is -0.121. The first kappa shape index (κ1) is 16.9. The molecule has 24 heavy (non-hydrogen) atoms. The number of aromatic amines is 1. The van der Waals surface area contributed by atoms with Gasteiger partial charge >= 0.3 is 0 Å². The molecular weight excluding hydrogens is 324 g/mol. The summed E-state index contributed by atoms with van der Waals surface area (Å²) >= 11 is 5.30. The summed E-state index contributed by atoms with van der Waals surface area (Å²) in [6, 6.07) is 8.07. The number of aromatic nitrogens is 3. The van der Waals surface area contributed by atoms with Gasteiger partial charge in [-0.1, -0.05) is 23.8 Å². The number of nitrogens with zero attached hydrogens (tertiary/aromatic N) is 2. The monoisotopic (exact) mass is 346 g/mol. The van der Waals surface area contributed by atoms with E-state index in [4.69, 9.17) is 17.0 Å². The van der Waals surface area contributed by atoms with E-state index in [0.717, 1.165) is 36.4 Å². The Labute approximate surface area is 146 Å². The molecule has 128 valence electrons. The van der Waals surface area contributed by atoms with E-state index >= 15 is 0 Å². The van der Waals surface area contributed by atoms with Crippen molar-refractivity contribution < 1.29 is 9.53 Å². The van der Waals surface area contributed by atoms with Crippen molar-refractivity contribution in [3.8, 4) is 11.4 Å². The standard InChI is InChI=1S/C17H22N4O2S/c1-12-4-2-5-13(10-12)16-19-20-17(24)21(16)8-7-15(22)18-11-14-6-3-9-23-14/h2,4-5,10,14H,3,6-9,11H2,1H3,(H,18,22)(H,20,24). The highest BCUT2D eigenvalue weighted by molar-refractivity contribution is 7.71. The van der Waals surface area contributed by atoms with Gasteiger partial charge in [0.15, 0.2) is 10.6 Å². The summed E-state index contributed by atoms with van der Waals surface area (Å²) in [6.45, 7) is 3.91. The smallest absolute Gasteiger partial charge is 0.221 e. The Morgan fingerprint density at radius 2 is 2.42 bits per heavy atom. The van der Waals surface area contributed by atoms with Gasteiger partial charge < -0.3 is 10.1 Å². The minimum Gasteiger partial charge on any atom is -0.376 e. The van der Waals surface area contributed by atoms with Gasteiger partial charge in [0.1, 0.15) is 0 Å². The molecule has 0 radical (unpaired) electrons. The van der Waals surface area contributed by atoms with Crippen LogP contribution in [0.3, 0.4) is 0 Å². The summed E-state index contributed by atoms with van der Waals surface area (Å²) in [7, 11) is 0. The van der Waals surface area contributed by atoms with Crippen molar-refractivity contribution >= 4 is 18.1 Å². The van der Waals surface area contributed by atoms with Gasteiger partial charge in [-0.05, 0) is 38.0 Å². The van der Waals surface area contributed by atoms with Gasteiger partial charge in [-0.2, -0.15) is 5.10 Å². The van der Waals surface area contributed by atoms with Crippen molar-refractivity contribution in [3.05, 3.63) is 34.6 Å². The fraction of sp³-hybridized carbons (Fsp3) is 0.471. The number of hydrogen-bond acceptors (Lipinski definition) is 4. The summed E-state index contributed by atoms with van der Waals surface area (Å²) in [5, 5.41) is 10.1. The van der Waals surface area contributed by atoms with E-state index in [1.807, 2.05) is 29.7 Å². The highest BCUT2D eigenvalue weighted by Crippen LogP contribution is 2.18. The molecular formula is C17H22N4O2S. The first-order valence-corrected chi connectivity index (χ1v) is 8.65. The number of hydrogen-bond donors (Lipinski definition) is 2. The number of H-pyrrole nitrogens is 1. The molecule has 0 spiro atoms. The summed E-state index contributed by atoms with van der Waals surface area (Å²) < 4.78 is 7.91. The fourth-order valence-electron chi connectivity index (χ4n) is 2.86. The number of amides is 1. The van der Waals surface area contributed by atoms with Crippen LogP contribution < -0.4 is 5.32 Å². The lowest BCUT2D eigenvalue weighted by atomic mass is 10.1. The third kappa shape index (κ3) is 4.10. The van der Waals surface area contributed by atoms with Crippen LogP contribution in [-0.2, 0) is 16.1 Å². The van der Waals surface area contributed by atoms with Crippen molar-refractivity contribution in [2.24, 2.45) is 0 Å². The third-order valence-electron chi connectivity index (χ3n) is 4.15. The molecule has 3 rings (SSSR count). The zero-order valence-electron chi connectivity index (χ0n) is 13.7. The van der Waals surface area contributed by atoms with E-state index in [2.05, 4.69) is 21.6 Å². The van der Waals surface area contributed by atoms with Crippen LogP contribution in [-0.4, -0.2) is 39.9 Å². The second-order valence-corrected chi connectivity index (χ2v) is 6.45. The average molecular weight is 346 g/mol. The lowest BCUT2D eigenvalue weighted by Crippen LogP contribution is -2.32. The van der Waals surface area contributed by atoms with Gasteiger partial charge in [0.05, 0.1) is 6.10 Å². The molecule has 1 aliphatic heterocycles. The quantitative estimate of drug-likeness (QED) is 0.789. The molecule has 1 aliphatic rings. The number of aryl methyl sites for hydroxylation is 1. The van der Waals surface area contributed by atoms with E-state index in [9.17, 15) is 4.79 Å². The fourth-order valence-corrected chi connectivity index (χ4v) is 3.09. The predicted octanol–water partition coefficient (Wildman–Crippen LogP) is 2.60. The highest BCUT2D eigenvalue weighted by atomic mass is 32.1. The Bertz CT molecular complexity index is 762. The molecule has 1 fully saturated rings. The molecule has 1 amide bonds. The molecule has 1 aromatic heterocycles. The molecule has 0 saturated carbocycles. The van der Waals surface area contributed by atoms with Crippen molar-refractivity contribution in [1.82, 2.24) is 20.1 Å². The molecule has 2 aromatic rings. The van der Waals surface area contributed by atoms with Gasteiger partial charge in [0.25, 0.3) is 0 Å². The Kier molecular flexibility index (Phi) is 5.42. The SMILES string of the molecule is Cc1cccc(-c2n[nH]c(=S)n2CCC(=O)NCC2CCCO2)c1. The maximum atomic E-state index is 12.1. The van der Waals surface area contributed by atoms with Gasteiger partial charge in [-0.3, -0.25) is 14.5 Å². The van der Waals surface area contributed by atoms with Crippen LogP contribution in [0, 0.1) is 11.7 Å². The normalized spacial score (nSPS) is 17.1. The van der Waals surface area contributed by atoms with E-state index in [1.165, 1.54) is 0 Å². The molecule has 1 aromatic carbocycles. The molecule has 6 nitrogen and oxygen atoms in total. The number of carbonyl (C=O) groups excluding carboxylic acids is 1. The molecule has 2 N–H and O–H groups in total. The van der Waals surface area contributed by atoms with Crippen LogP contribution in [0.2, 0.25) is 0 Å². The zero-order valence-corrected chi connectivity index (χ0v) is 14.6. The van der Waals surface area contributed by atoms with E-state index in [-0.39, 0.29) is 12.0 Å². The van der Waals surface area contributed by atoms with Gasteiger partial charge in [-0.25, -0.2) is 0 Å². The topological polar surface area (TPSA) is 71.9 Å². The van der Waals surface area contributed by atoms with Crippen molar-refractivity contribution in [1.29, 1.82) is 0 Å². The Hall–Kier alpha value is -1.99. The first-order valence-electron chi connectivity index (χ1n) is 8.24. The number of carbonyl (C=O) groups is 1. The maximum absolute atomic E-state index is 12.1. The number of rotatable bonds is 6. The molecule has 1 unspecified atom stereocenters. The summed E-state index contributed by atoms with van der Waals surface area (Å²) in [4.78, 5) is 12.1. The largest absolute Gasteiger partial charge is 0.376 e.